The summed E-state index contributed by atoms with van der Waals surface area (Å²) in [4.78, 5) is 20.1. The van der Waals surface area contributed by atoms with E-state index in [1.54, 1.807) is 15.9 Å². The number of aliphatic hydroxyl groups is 1. The van der Waals surface area contributed by atoms with Gasteiger partial charge in [-0.3, -0.25) is 9.36 Å². The highest BCUT2D eigenvalue weighted by Crippen LogP contribution is 2.35. The lowest BCUT2D eigenvalue weighted by Gasteiger charge is -2.12. The zero-order chi connectivity index (χ0) is 17.9. The fourth-order valence-corrected chi connectivity index (χ4v) is 5.45. The average molecular weight is 401 g/mol. The lowest BCUT2D eigenvalue weighted by Crippen LogP contribution is -2.21. The quantitative estimate of drug-likeness (QED) is 0.291. The summed E-state index contributed by atoms with van der Waals surface area (Å²) in [5, 5.41) is 14.4. The van der Waals surface area contributed by atoms with Crippen LogP contribution in [-0.4, -0.2) is 27.0 Å². The number of thioether (sulfide) groups is 1. The largest absolute Gasteiger partial charge is 0.396 e. The molecule has 1 N–H and O–H groups in total. The molecular formula is C19H16N2O2S3. The van der Waals surface area contributed by atoms with Crippen molar-refractivity contribution in [3.05, 3.63) is 63.6 Å². The predicted octanol–water partition coefficient (Wildman–Crippen LogP) is 4.65. The van der Waals surface area contributed by atoms with E-state index in [4.69, 9.17) is 10.1 Å². The summed E-state index contributed by atoms with van der Waals surface area (Å²) < 4.78 is 1.69. The van der Waals surface area contributed by atoms with E-state index in [0.717, 1.165) is 21.0 Å². The van der Waals surface area contributed by atoms with Crippen LogP contribution in [0.3, 0.4) is 0 Å². The van der Waals surface area contributed by atoms with Gasteiger partial charge in [-0.05, 0) is 30.0 Å². The summed E-state index contributed by atoms with van der Waals surface area (Å²) in [6.07, 6.45) is 0.665. The van der Waals surface area contributed by atoms with E-state index in [2.05, 4.69) is 0 Å². The molecule has 4 rings (SSSR count). The number of nitrogens with zero attached hydrogens (tertiary/aromatic N) is 2. The summed E-state index contributed by atoms with van der Waals surface area (Å²) in [6.45, 7) is 0.131. The number of hydrogen-bond donors (Lipinski definition) is 1. The minimum Gasteiger partial charge on any atom is -0.396 e. The van der Waals surface area contributed by atoms with Gasteiger partial charge in [-0.15, -0.1) is 22.7 Å². The van der Waals surface area contributed by atoms with Gasteiger partial charge in [-0.25, -0.2) is 4.98 Å². The van der Waals surface area contributed by atoms with Gasteiger partial charge in [0.25, 0.3) is 5.56 Å². The molecule has 0 bridgehead atoms. The Kier molecular flexibility index (Phi) is 5.21. The highest BCUT2D eigenvalue weighted by Gasteiger charge is 2.18. The zero-order valence-corrected chi connectivity index (χ0v) is 16.2. The number of benzene rings is 1. The molecule has 0 atom stereocenters. The van der Waals surface area contributed by atoms with E-state index in [1.165, 1.54) is 23.1 Å². The second-order valence-electron chi connectivity index (χ2n) is 5.60. The van der Waals surface area contributed by atoms with Crippen molar-refractivity contribution in [1.29, 1.82) is 0 Å². The molecule has 0 aliphatic rings. The molecular weight excluding hydrogens is 384 g/mol. The van der Waals surface area contributed by atoms with Crippen molar-refractivity contribution >= 4 is 44.7 Å². The van der Waals surface area contributed by atoms with Crippen LogP contribution < -0.4 is 5.56 Å². The SMILES string of the molecule is O=c1c2c(-c3cccs3)csc2nc(SCCCO)n1-c1ccccc1. The molecule has 3 heterocycles. The Hall–Kier alpha value is -1.93. The predicted molar refractivity (Wildman–Crippen MR) is 111 cm³/mol. The lowest BCUT2D eigenvalue weighted by atomic mass is 10.2. The summed E-state index contributed by atoms with van der Waals surface area (Å²) in [5.41, 5.74) is 1.72. The third-order valence-corrected chi connectivity index (χ3v) is 6.71. The number of thiophene rings is 2. The molecule has 7 heteroatoms. The van der Waals surface area contributed by atoms with Crippen LogP contribution in [0.5, 0.6) is 0 Å². The molecule has 4 aromatic rings. The van der Waals surface area contributed by atoms with Crippen LogP contribution in [0, 0.1) is 0 Å². The molecule has 0 radical (unpaired) electrons. The topological polar surface area (TPSA) is 55.1 Å². The highest BCUT2D eigenvalue weighted by atomic mass is 32.2. The van der Waals surface area contributed by atoms with Gasteiger partial charge in [-0.2, -0.15) is 0 Å². The van der Waals surface area contributed by atoms with Gasteiger partial charge < -0.3 is 5.11 Å². The molecule has 1 aromatic carbocycles. The molecule has 4 nitrogen and oxygen atoms in total. The third kappa shape index (κ3) is 3.23. The number of aliphatic hydroxyl groups excluding tert-OH is 1. The Morgan fingerprint density at radius 3 is 2.69 bits per heavy atom. The van der Waals surface area contributed by atoms with Crippen molar-refractivity contribution in [2.45, 2.75) is 11.6 Å². The van der Waals surface area contributed by atoms with Gasteiger partial charge >= 0.3 is 0 Å². The minimum atomic E-state index is -0.0441. The maximum absolute atomic E-state index is 13.4. The third-order valence-electron chi connectivity index (χ3n) is 3.91. The zero-order valence-electron chi connectivity index (χ0n) is 13.8. The number of fused-ring (bicyclic) bond motifs is 1. The van der Waals surface area contributed by atoms with Gasteiger partial charge in [0.05, 0.1) is 11.1 Å². The Balaban J connectivity index is 1.95. The minimum absolute atomic E-state index is 0.0441. The molecule has 0 unspecified atom stereocenters. The molecule has 0 amide bonds. The first kappa shape index (κ1) is 17.5. The first-order valence-corrected chi connectivity index (χ1v) is 10.9. The second kappa shape index (κ2) is 7.75. The van der Waals surface area contributed by atoms with Crippen molar-refractivity contribution in [1.82, 2.24) is 9.55 Å². The normalized spacial score (nSPS) is 11.3. The molecule has 26 heavy (non-hydrogen) atoms. The molecule has 0 saturated heterocycles. The van der Waals surface area contributed by atoms with Crippen LogP contribution in [0.15, 0.2) is 63.2 Å². The van der Waals surface area contributed by atoms with Crippen LogP contribution in [-0.2, 0) is 0 Å². The molecule has 0 spiro atoms. The van der Waals surface area contributed by atoms with E-state index < -0.39 is 0 Å². The highest BCUT2D eigenvalue weighted by molar-refractivity contribution is 7.99. The van der Waals surface area contributed by atoms with Crippen LogP contribution in [0.2, 0.25) is 0 Å². The fraction of sp³-hybridized carbons (Fsp3) is 0.158. The average Bonchev–Trinajstić information content (AvgIpc) is 3.32. The first-order chi connectivity index (χ1) is 12.8. The van der Waals surface area contributed by atoms with Crippen LogP contribution in [0.25, 0.3) is 26.3 Å². The van der Waals surface area contributed by atoms with Gasteiger partial charge in [0.15, 0.2) is 5.16 Å². The number of para-hydroxylation sites is 1. The number of hydrogen-bond acceptors (Lipinski definition) is 6. The van der Waals surface area contributed by atoms with Crippen molar-refractivity contribution in [3.63, 3.8) is 0 Å². The standard InChI is InChI=1S/C19H16N2O2S3/c22-9-5-11-25-19-20-17-16(14(12-26-17)15-8-4-10-24-15)18(23)21(19)13-6-2-1-3-7-13/h1-4,6-8,10,12,22H,5,9,11H2. The van der Waals surface area contributed by atoms with E-state index in [0.29, 0.717) is 22.7 Å². The number of aromatic nitrogens is 2. The lowest BCUT2D eigenvalue weighted by molar-refractivity contribution is 0.296. The van der Waals surface area contributed by atoms with Crippen molar-refractivity contribution < 1.29 is 5.11 Å². The van der Waals surface area contributed by atoms with Crippen LogP contribution in [0.1, 0.15) is 6.42 Å². The van der Waals surface area contributed by atoms with Crippen molar-refractivity contribution in [2.24, 2.45) is 0 Å². The van der Waals surface area contributed by atoms with Gasteiger partial charge in [-0.1, -0.05) is 36.0 Å². The van der Waals surface area contributed by atoms with E-state index in [1.807, 2.05) is 53.2 Å². The molecule has 0 saturated carbocycles. The Morgan fingerprint density at radius 1 is 1.12 bits per heavy atom. The molecule has 0 aliphatic heterocycles. The van der Waals surface area contributed by atoms with Crippen molar-refractivity contribution in [3.8, 4) is 16.1 Å². The van der Waals surface area contributed by atoms with Gasteiger partial charge in [0.2, 0.25) is 0 Å². The fourth-order valence-electron chi connectivity index (χ4n) is 2.71. The maximum atomic E-state index is 13.4. The summed E-state index contributed by atoms with van der Waals surface area (Å²) >= 11 is 4.63. The monoisotopic (exact) mass is 400 g/mol. The molecule has 132 valence electrons. The molecule has 0 fully saturated rings. The first-order valence-electron chi connectivity index (χ1n) is 8.17. The smallest absolute Gasteiger partial charge is 0.268 e. The molecule has 0 aliphatic carbocycles. The Labute approximate surface area is 162 Å². The van der Waals surface area contributed by atoms with Crippen molar-refractivity contribution in [2.75, 3.05) is 12.4 Å². The summed E-state index contributed by atoms with van der Waals surface area (Å²) in [7, 11) is 0. The summed E-state index contributed by atoms with van der Waals surface area (Å²) in [5.74, 6) is 0.713. The van der Waals surface area contributed by atoms with Gasteiger partial charge in [0, 0.05) is 28.2 Å². The van der Waals surface area contributed by atoms with Crippen LogP contribution in [0.4, 0.5) is 0 Å². The molecule has 3 aromatic heterocycles. The Bertz CT molecular complexity index is 1070. The Morgan fingerprint density at radius 2 is 1.96 bits per heavy atom. The van der Waals surface area contributed by atoms with Crippen LogP contribution >= 0.6 is 34.4 Å². The number of rotatable bonds is 6. The second-order valence-corrected chi connectivity index (χ2v) is 8.47. The summed E-state index contributed by atoms with van der Waals surface area (Å²) in [6, 6.07) is 13.6. The van der Waals surface area contributed by atoms with E-state index in [9.17, 15) is 4.79 Å². The van der Waals surface area contributed by atoms with E-state index >= 15 is 0 Å². The maximum Gasteiger partial charge on any atom is 0.268 e. The van der Waals surface area contributed by atoms with Gasteiger partial charge in [0.1, 0.15) is 4.83 Å². The van der Waals surface area contributed by atoms with E-state index in [-0.39, 0.29) is 12.2 Å².